The molecule has 1 aromatic carbocycles. The molecule has 26 heavy (non-hydrogen) atoms. The van der Waals surface area contributed by atoms with Crippen LogP contribution in [0, 0.1) is 11.8 Å². The van der Waals surface area contributed by atoms with Gasteiger partial charge in [0, 0.05) is 36.6 Å². The van der Waals surface area contributed by atoms with Crippen molar-refractivity contribution in [3.8, 4) is 0 Å². The Hall–Kier alpha value is -1.24. The van der Waals surface area contributed by atoms with E-state index in [1.165, 1.54) is 0 Å². The molecule has 3 rings (SSSR count). The van der Waals surface area contributed by atoms with E-state index in [0.29, 0.717) is 30.2 Å². The highest BCUT2D eigenvalue weighted by Crippen LogP contribution is 2.36. The van der Waals surface area contributed by atoms with Gasteiger partial charge in [-0.25, -0.2) is 8.78 Å². The van der Waals surface area contributed by atoms with Gasteiger partial charge in [-0.15, -0.1) is 0 Å². The van der Waals surface area contributed by atoms with Gasteiger partial charge in [-0.1, -0.05) is 24.9 Å². The molecule has 2 saturated heterocycles. The van der Waals surface area contributed by atoms with Crippen LogP contribution in [0.2, 0.25) is 5.02 Å². The first-order valence-electron chi connectivity index (χ1n) is 9.12. The van der Waals surface area contributed by atoms with Gasteiger partial charge in [0.1, 0.15) is 0 Å². The normalized spacial score (nSPS) is 28.7. The number of likely N-dealkylation sites (tertiary alicyclic amines) is 2. The molecule has 0 unspecified atom stereocenters. The monoisotopic (exact) mass is 386 g/mol. The van der Waals surface area contributed by atoms with Gasteiger partial charge >= 0.3 is 0 Å². The summed E-state index contributed by atoms with van der Waals surface area (Å²) in [5.74, 6) is -2.59. The number of carbonyl (C=O) groups excluding carboxylic acids is 1. The predicted octanol–water partition coefficient (Wildman–Crippen LogP) is 3.14. The molecular formula is C19H25ClF2N2O2. The second kappa shape index (κ2) is 7.79. The molecule has 0 bridgehead atoms. The molecule has 2 fully saturated rings. The van der Waals surface area contributed by atoms with Crippen LogP contribution in [0.1, 0.15) is 30.1 Å². The van der Waals surface area contributed by atoms with Crippen molar-refractivity contribution in [2.45, 2.75) is 31.7 Å². The fourth-order valence-electron chi connectivity index (χ4n) is 4.26. The standard InChI is InChI=1S/C19H25ClF2N2O2/c1-2-13-9-24(18(26)14-3-5-15(20)6-4-14)17(11-25)16(13)10-23-8-7-19(21,22)12-23/h3-6,13,16-17,25H,2,7-12H2,1H3/t13-,16-,17-/m1/s1. The average Bonchev–Trinajstić information content (AvgIpc) is 3.14. The molecule has 3 atom stereocenters. The number of carbonyl (C=O) groups is 1. The maximum absolute atomic E-state index is 13.5. The topological polar surface area (TPSA) is 43.8 Å². The van der Waals surface area contributed by atoms with Crippen LogP contribution < -0.4 is 0 Å². The molecule has 0 aliphatic carbocycles. The van der Waals surface area contributed by atoms with Crippen molar-refractivity contribution in [1.82, 2.24) is 9.80 Å². The molecule has 7 heteroatoms. The number of aliphatic hydroxyl groups excluding tert-OH is 1. The fraction of sp³-hybridized carbons (Fsp3) is 0.632. The lowest BCUT2D eigenvalue weighted by Gasteiger charge is -2.30. The van der Waals surface area contributed by atoms with E-state index in [-0.39, 0.29) is 43.4 Å². The summed E-state index contributed by atoms with van der Waals surface area (Å²) < 4.78 is 27.0. The van der Waals surface area contributed by atoms with E-state index in [1.807, 2.05) is 6.92 Å². The quantitative estimate of drug-likeness (QED) is 0.845. The SMILES string of the molecule is CC[C@@H]1CN(C(=O)c2ccc(Cl)cc2)[C@H](CO)[C@@H]1CN1CCC(F)(F)C1. The van der Waals surface area contributed by atoms with Crippen molar-refractivity contribution < 1.29 is 18.7 Å². The Kier molecular flexibility index (Phi) is 5.85. The van der Waals surface area contributed by atoms with Crippen molar-refractivity contribution in [2.24, 2.45) is 11.8 Å². The van der Waals surface area contributed by atoms with Crippen LogP contribution in [0.25, 0.3) is 0 Å². The number of benzene rings is 1. The van der Waals surface area contributed by atoms with Gasteiger partial charge in [0.2, 0.25) is 0 Å². The second-order valence-electron chi connectivity index (χ2n) is 7.39. The Morgan fingerprint density at radius 1 is 1.35 bits per heavy atom. The van der Waals surface area contributed by atoms with Crippen molar-refractivity contribution in [3.05, 3.63) is 34.9 Å². The summed E-state index contributed by atoms with van der Waals surface area (Å²) in [5.41, 5.74) is 0.524. The number of alkyl halides is 2. The third-order valence-corrected chi connectivity index (χ3v) is 5.96. The van der Waals surface area contributed by atoms with E-state index in [2.05, 4.69) is 0 Å². The van der Waals surface area contributed by atoms with Crippen LogP contribution in [-0.4, -0.2) is 65.6 Å². The predicted molar refractivity (Wildman–Crippen MR) is 96.6 cm³/mol. The van der Waals surface area contributed by atoms with Crippen LogP contribution in [0.5, 0.6) is 0 Å². The number of aliphatic hydroxyl groups is 1. The highest BCUT2D eigenvalue weighted by Gasteiger charge is 2.46. The third-order valence-electron chi connectivity index (χ3n) is 5.71. The number of halogens is 3. The maximum Gasteiger partial charge on any atom is 0.261 e. The molecule has 2 aliphatic heterocycles. The molecule has 0 aromatic heterocycles. The van der Waals surface area contributed by atoms with Gasteiger partial charge in [0.05, 0.1) is 19.2 Å². The zero-order valence-corrected chi connectivity index (χ0v) is 15.6. The number of hydrogen-bond acceptors (Lipinski definition) is 3. The van der Waals surface area contributed by atoms with Gasteiger partial charge in [-0.05, 0) is 36.1 Å². The number of nitrogens with zero attached hydrogens (tertiary/aromatic N) is 2. The van der Waals surface area contributed by atoms with E-state index in [0.717, 1.165) is 6.42 Å². The van der Waals surface area contributed by atoms with Crippen molar-refractivity contribution >= 4 is 17.5 Å². The first kappa shape index (κ1) is 19.5. The van der Waals surface area contributed by atoms with Crippen LogP contribution >= 0.6 is 11.6 Å². The largest absolute Gasteiger partial charge is 0.394 e. The summed E-state index contributed by atoms with van der Waals surface area (Å²) in [6.45, 7) is 3.04. The van der Waals surface area contributed by atoms with E-state index in [4.69, 9.17) is 11.6 Å². The average molecular weight is 387 g/mol. The van der Waals surface area contributed by atoms with E-state index in [9.17, 15) is 18.7 Å². The molecule has 1 aromatic rings. The van der Waals surface area contributed by atoms with Crippen LogP contribution in [0.15, 0.2) is 24.3 Å². The molecule has 0 spiro atoms. The lowest BCUT2D eigenvalue weighted by molar-refractivity contribution is 0.00885. The smallest absolute Gasteiger partial charge is 0.261 e. The summed E-state index contributed by atoms with van der Waals surface area (Å²) in [5, 5.41) is 10.5. The maximum atomic E-state index is 13.5. The van der Waals surface area contributed by atoms with E-state index < -0.39 is 5.92 Å². The molecule has 1 amide bonds. The summed E-state index contributed by atoms with van der Waals surface area (Å²) >= 11 is 5.89. The number of hydrogen-bond donors (Lipinski definition) is 1. The molecule has 2 heterocycles. The lowest BCUT2D eigenvalue weighted by Crippen LogP contribution is -2.43. The first-order valence-corrected chi connectivity index (χ1v) is 9.50. The van der Waals surface area contributed by atoms with Crippen molar-refractivity contribution in [1.29, 1.82) is 0 Å². The Morgan fingerprint density at radius 2 is 2.04 bits per heavy atom. The van der Waals surface area contributed by atoms with Crippen molar-refractivity contribution in [3.63, 3.8) is 0 Å². The second-order valence-corrected chi connectivity index (χ2v) is 7.82. The van der Waals surface area contributed by atoms with Crippen molar-refractivity contribution in [2.75, 3.05) is 32.8 Å². The zero-order valence-electron chi connectivity index (χ0n) is 14.9. The molecule has 2 aliphatic rings. The summed E-state index contributed by atoms with van der Waals surface area (Å²) in [6, 6.07) is 6.33. The molecule has 144 valence electrons. The summed E-state index contributed by atoms with van der Waals surface area (Å²) in [4.78, 5) is 16.4. The number of rotatable bonds is 5. The molecule has 0 saturated carbocycles. The minimum atomic E-state index is -2.63. The van der Waals surface area contributed by atoms with E-state index in [1.54, 1.807) is 34.1 Å². The fourth-order valence-corrected chi connectivity index (χ4v) is 4.38. The first-order chi connectivity index (χ1) is 12.3. The zero-order chi connectivity index (χ0) is 18.9. The van der Waals surface area contributed by atoms with Crippen LogP contribution in [-0.2, 0) is 0 Å². The Labute approximate surface area is 157 Å². The molecule has 0 radical (unpaired) electrons. The highest BCUT2D eigenvalue weighted by molar-refractivity contribution is 6.30. The Balaban J connectivity index is 1.75. The molecule has 4 nitrogen and oxygen atoms in total. The van der Waals surface area contributed by atoms with Gasteiger partial charge < -0.3 is 10.0 Å². The van der Waals surface area contributed by atoms with Gasteiger partial charge in [0.15, 0.2) is 0 Å². The molecular weight excluding hydrogens is 362 g/mol. The number of amides is 1. The highest BCUT2D eigenvalue weighted by atomic mass is 35.5. The van der Waals surface area contributed by atoms with Gasteiger partial charge in [0.25, 0.3) is 11.8 Å². The van der Waals surface area contributed by atoms with E-state index >= 15 is 0 Å². The third kappa shape index (κ3) is 4.02. The van der Waals surface area contributed by atoms with Gasteiger partial charge in [-0.3, -0.25) is 9.69 Å². The van der Waals surface area contributed by atoms with Gasteiger partial charge in [-0.2, -0.15) is 0 Å². The molecule has 1 N–H and O–H groups in total. The Bertz CT molecular complexity index is 641. The van der Waals surface area contributed by atoms with Crippen LogP contribution in [0.4, 0.5) is 8.78 Å². The minimum Gasteiger partial charge on any atom is -0.394 e. The minimum absolute atomic E-state index is 0.00449. The lowest BCUT2D eigenvalue weighted by atomic mass is 9.88. The summed E-state index contributed by atoms with van der Waals surface area (Å²) in [7, 11) is 0. The van der Waals surface area contributed by atoms with Crippen LogP contribution in [0.3, 0.4) is 0 Å². The Morgan fingerprint density at radius 3 is 2.58 bits per heavy atom. The summed E-state index contributed by atoms with van der Waals surface area (Å²) in [6.07, 6.45) is 0.726.